The Morgan fingerprint density at radius 2 is 1.76 bits per heavy atom. The van der Waals surface area contributed by atoms with Crippen LogP contribution in [0.2, 0.25) is 0 Å². The molecule has 7 nitrogen and oxygen atoms in total. The monoisotopic (exact) mass is 339 g/mol. The lowest BCUT2D eigenvalue weighted by atomic mass is 10.1. The highest BCUT2D eigenvalue weighted by atomic mass is 16.5. The minimum absolute atomic E-state index is 0.105. The summed E-state index contributed by atoms with van der Waals surface area (Å²) in [4.78, 5) is 37.0. The van der Waals surface area contributed by atoms with E-state index in [-0.39, 0.29) is 24.3 Å². The van der Waals surface area contributed by atoms with Crippen LogP contribution in [0.15, 0.2) is 42.5 Å². The maximum Gasteiger partial charge on any atom is 0.264 e. The van der Waals surface area contributed by atoms with E-state index in [0.29, 0.717) is 28.4 Å². The fraction of sp³-hybridized carbons (Fsp3) is 0.167. The Labute approximate surface area is 144 Å². The first-order chi connectivity index (χ1) is 12.0. The molecule has 1 aliphatic rings. The van der Waals surface area contributed by atoms with Gasteiger partial charge in [-0.2, -0.15) is 0 Å². The van der Waals surface area contributed by atoms with Crippen LogP contribution in [0.5, 0.6) is 5.75 Å². The summed E-state index contributed by atoms with van der Waals surface area (Å²) in [6, 6.07) is 11.9. The van der Waals surface area contributed by atoms with E-state index in [0.717, 1.165) is 0 Å². The fourth-order valence-corrected chi connectivity index (χ4v) is 2.56. The van der Waals surface area contributed by atoms with E-state index in [4.69, 9.17) is 4.74 Å². The van der Waals surface area contributed by atoms with Crippen molar-refractivity contribution in [2.24, 2.45) is 0 Å². The Balaban J connectivity index is 1.85. The van der Waals surface area contributed by atoms with Gasteiger partial charge in [-0.3, -0.25) is 14.4 Å². The van der Waals surface area contributed by atoms with Gasteiger partial charge >= 0.3 is 0 Å². The lowest BCUT2D eigenvalue weighted by molar-refractivity contribution is -0.121. The third kappa shape index (κ3) is 3.45. The summed E-state index contributed by atoms with van der Waals surface area (Å²) in [5.74, 6) is -0.352. The summed E-state index contributed by atoms with van der Waals surface area (Å²) < 4.78 is 5.46. The molecule has 3 rings (SSSR count). The molecule has 0 fully saturated rings. The standard InChI is InChI=1S/C18H17N3O4/c1-11(22)19-12-5-3-6-13(9-12)20-18(24)14-7-4-8-15-17(14)25-10-16(23)21(15)2/h3-9H,10H2,1-2H3,(H,19,22)(H,20,24). The molecule has 2 aromatic rings. The van der Waals surface area contributed by atoms with Crippen LogP contribution in [0.25, 0.3) is 0 Å². The number of fused-ring (bicyclic) bond motifs is 1. The van der Waals surface area contributed by atoms with Crippen LogP contribution in [-0.4, -0.2) is 31.4 Å². The van der Waals surface area contributed by atoms with Crippen LogP contribution < -0.4 is 20.3 Å². The molecular formula is C18H17N3O4. The van der Waals surface area contributed by atoms with E-state index in [1.54, 1.807) is 49.5 Å². The highest BCUT2D eigenvalue weighted by molar-refractivity contribution is 6.09. The van der Waals surface area contributed by atoms with E-state index >= 15 is 0 Å². The molecule has 128 valence electrons. The van der Waals surface area contributed by atoms with Gasteiger partial charge < -0.3 is 20.3 Å². The van der Waals surface area contributed by atoms with Crippen molar-refractivity contribution in [3.8, 4) is 5.75 Å². The average Bonchev–Trinajstić information content (AvgIpc) is 2.57. The Kier molecular flexibility index (Phi) is 4.38. The zero-order valence-electron chi connectivity index (χ0n) is 13.8. The zero-order valence-corrected chi connectivity index (χ0v) is 13.8. The number of amides is 3. The predicted molar refractivity (Wildman–Crippen MR) is 94.0 cm³/mol. The second kappa shape index (κ2) is 6.64. The van der Waals surface area contributed by atoms with Crippen LogP contribution in [0.4, 0.5) is 17.1 Å². The van der Waals surface area contributed by atoms with Gasteiger partial charge in [0.05, 0.1) is 11.3 Å². The number of carbonyl (C=O) groups excluding carboxylic acids is 3. The smallest absolute Gasteiger partial charge is 0.264 e. The van der Waals surface area contributed by atoms with Crippen molar-refractivity contribution in [2.45, 2.75) is 6.92 Å². The first-order valence-electron chi connectivity index (χ1n) is 7.67. The molecule has 1 aliphatic heterocycles. The van der Waals surface area contributed by atoms with Crippen LogP contribution >= 0.6 is 0 Å². The third-order valence-corrected chi connectivity index (χ3v) is 3.76. The lowest BCUT2D eigenvalue weighted by Gasteiger charge is -2.27. The highest BCUT2D eigenvalue weighted by Crippen LogP contribution is 2.35. The number of ether oxygens (including phenoxy) is 1. The van der Waals surface area contributed by atoms with Gasteiger partial charge in [0, 0.05) is 25.3 Å². The number of carbonyl (C=O) groups is 3. The van der Waals surface area contributed by atoms with Gasteiger partial charge in [-0.05, 0) is 30.3 Å². The molecule has 1 heterocycles. The molecule has 0 unspecified atom stereocenters. The number of hydrogen-bond acceptors (Lipinski definition) is 4. The number of nitrogens with zero attached hydrogens (tertiary/aromatic N) is 1. The Morgan fingerprint density at radius 1 is 1.08 bits per heavy atom. The van der Waals surface area contributed by atoms with Crippen LogP contribution in [0.1, 0.15) is 17.3 Å². The molecular weight excluding hydrogens is 322 g/mol. The minimum atomic E-state index is -0.362. The number of likely N-dealkylation sites (N-methyl/N-ethyl adjacent to an activating group) is 1. The average molecular weight is 339 g/mol. The van der Waals surface area contributed by atoms with E-state index < -0.39 is 0 Å². The van der Waals surface area contributed by atoms with E-state index in [2.05, 4.69) is 10.6 Å². The number of hydrogen-bond donors (Lipinski definition) is 2. The number of anilines is 3. The first kappa shape index (κ1) is 16.5. The molecule has 0 aliphatic carbocycles. The Bertz CT molecular complexity index is 863. The van der Waals surface area contributed by atoms with Crippen molar-refractivity contribution in [1.82, 2.24) is 0 Å². The lowest BCUT2D eigenvalue weighted by Crippen LogP contribution is -2.36. The predicted octanol–water partition coefficient (Wildman–Crippen LogP) is 2.25. The maximum absolute atomic E-state index is 12.6. The fourth-order valence-electron chi connectivity index (χ4n) is 2.56. The van der Waals surface area contributed by atoms with E-state index in [1.165, 1.54) is 11.8 Å². The molecule has 0 bridgehead atoms. The third-order valence-electron chi connectivity index (χ3n) is 3.76. The summed E-state index contributed by atoms with van der Waals surface area (Å²) in [7, 11) is 1.64. The SMILES string of the molecule is CC(=O)Nc1cccc(NC(=O)c2cccc3c2OCC(=O)N3C)c1. The van der Waals surface area contributed by atoms with Gasteiger partial charge in [-0.15, -0.1) is 0 Å². The molecule has 0 saturated heterocycles. The molecule has 3 amide bonds. The molecule has 2 aromatic carbocycles. The van der Waals surface area contributed by atoms with E-state index in [9.17, 15) is 14.4 Å². The van der Waals surface area contributed by atoms with E-state index in [1.807, 2.05) is 0 Å². The first-order valence-corrected chi connectivity index (χ1v) is 7.67. The van der Waals surface area contributed by atoms with Gasteiger partial charge in [0.15, 0.2) is 12.4 Å². The van der Waals surface area contributed by atoms with Gasteiger partial charge in [-0.25, -0.2) is 0 Å². The van der Waals surface area contributed by atoms with Crippen molar-refractivity contribution in [2.75, 3.05) is 29.2 Å². The number of para-hydroxylation sites is 1. The molecule has 2 N–H and O–H groups in total. The van der Waals surface area contributed by atoms with Gasteiger partial charge in [0.2, 0.25) is 5.91 Å². The van der Waals surface area contributed by atoms with Gasteiger partial charge in [0.25, 0.3) is 11.8 Å². The summed E-state index contributed by atoms with van der Waals surface area (Å²) in [6.45, 7) is 1.31. The largest absolute Gasteiger partial charge is 0.481 e. The molecule has 0 spiro atoms. The summed E-state index contributed by atoms with van der Waals surface area (Å²) >= 11 is 0. The number of rotatable bonds is 3. The zero-order chi connectivity index (χ0) is 18.0. The topological polar surface area (TPSA) is 87.7 Å². The maximum atomic E-state index is 12.6. The second-order valence-electron chi connectivity index (χ2n) is 5.61. The second-order valence-corrected chi connectivity index (χ2v) is 5.61. The molecule has 25 heavy (non-hydrogen) atoms. The molecule has 0 radical (unpaired) electrons. The van der Waals surface area contributed by atoms with Crippen LogP contribution in [0, 0.1) is 0 Å². The molecule has 0 saturated carbocycles. The number of benzene rings is 2. The van der Waals surface area contributed by atoms with Crippen molar-refractivity contribution in [3.05, 3.63) is 48.0 Å². The van der Waals surface area contributed by atoms with Gasteiger partial charge in [0.1, 0.15) is 0 Å². The summed E-state index contributed by atoms with van der Waals surface area (Å²) in [5.41, 5.74) is 2.01. The van der Waals surface area contributed by atoms with Crippen molar-refractivity contribution in [3.63, 3.8) is 0 Å². The molecule has 7 heteroatoms. The summed E-state index contributed by atoms with van der Waals surface area (Å²) in [5, 5.41) is 5.43. The van der Waals surface area contributed by atoms with Gasteiger partial charge in [-0.1, -0.05) is 12.1 Å². The molecule has 0 atom stereocenters. The quantitative estimate of drug-likeness (QED) is 0.898. The minimum Gasteiger partial charge on any atom is -0.481 e. The number of nitrogens with one attached hydrogen (secondary N) is 2. The molecule has 0 aromatic heterocycles. The van der Waals surface area contributed by atoms with Crippen LogP contribution in [-0.2, 0) is 9.59 Å². The summed E-state index contributed by atoms with van der Waals surface area (Å²) in [6.07, 6.45) is 0. The highest BCUT2D eigenvalue weighted by Gasteiger charge is 2.26. The Morgan fingerprint density at radius 3 is 2.48 bits per heavy atom. The van der Waals surface area contributed by atoms with Crippen molar-refractivity contribution < 1.29 is 19.1 Å². The van der Waals surface area contributed by atoms with Crippen molar-refractivity contribution >= 4 is 34.8 Å². The van der Waals surface area contributed by atoms with Crippen molar-refractivity contribution in [1.29, 1.82) is 0 Å². The Hall–Kier alpha value is -3.35. The normalized spacial score (nSPS) is 12.9. The van der Waals surface area contributed by atoms with Crippen LogP contribution in [0.3, 0.4) is 0 Å².